The van der Waals surface area contributed by atoms with Gasteiger partial charge in [0.05, 0.1) is 10.6 Å². The van der Waals surface area contributed by atoms with E-state index in [0.29, 0.717) is 4.90 Å². The molecule has 0 spiro atoms. The maximum atomic E-state index is 12.0. The molecule has 0 aliphatic heterocycles. The molecule has 0 atom stereocenters. The van der Waals surface area contributed by atoms with Crippen LogP contribution in [0.4, 0.5) is 0 Å². The lowest BCUT2D eigenvalue weighted by Gasteiger charge is -2.03. The Bertz CT molecular complexity index is 545. The van der Waals surface area contributed by atoms with E-state index in [1.165, 1.54) is 0 Å². The topological polar surface area (TPSA) is 34.1 Å². The predicted molar refractivity (Wildman–Crippen MR) is 63.8 cm³/mol. The highest BCUT2D eigenvalue weighted by Gasteiger charge is 2.13. The van der Waals surface area contributed by atoms with Crippen LogP contribution in [0.5, 0.6) is 0 Å². The smallest absolute Gasteiger partial charge is 0.182 e. The van der Waals surface area contributed by atoms with Gasteiger partial charge >= 0.3 is 0 Å². The standard InChI is InChI=1S/C13H12O2S/c14-16(15,13-9-5-2-6-10-13)11-12-7-3-1-4-8-12/h1-10H,11H2/i11-1. The highest BCUT2D eigenvalue weighted by Crippen LogP contribution is 2.15. The molecular formula is C13H12O2S. The average Bonchev–Trinajstić information content (AvgIpc) is 2.31. The van der Waals surface area contributed by atoms with Crippen molar-refractivity contribution in [2.45, 2.75) is 10.6 Å². The summed E-state index contributed by atoms with van der Waals surface area (Å²) in [5.41, 5.74) is 0.811. The van der Waals surface area contributed by atoms with Gasteiger partial charge in [-0.2, -0.15) is 0 Å². The van der Waals surface area contributed by atoms with Gasteiger partial charge in [-0.1, -0.05) is 48.5 Å². The normalized spacial score (nSPS) is 11.2. The van der Waals surface area contributed by atoms with E-state index in [4.69, 9.17) is 0 Å². The quantitative estimate of drug-likeness (QED) is 0.813. The molecule has 0 N–H and O–H groups in total. The third-order valence-corrected chi connectivity index (χ3v) is 4.01. The van der Waals surface area contributed by atoms with E-state index in [2.05, 4.69) is 0 Å². The first-order valence-electron chi connectivity index (χ1n) is 5.00. The fourth-order valence-corrected chi connectivity index (χ4v) is 2.87. The minimum Gasteiger partial charge on any atom is -0.223 e. The molecule has 0 radical (unpaired) electrons. The van der Waals surface area contributed by atoms with Gasteiger partial charge < -0.3 is 0 Å². The van der Waals surface area contributed by atoms with Gasteiger partial charge in [-0.05, 0) is 17.7 Å². The lowest BCUT2D eigenvalue weighted by molar-refractivity contribution is 0.595. The highest BCUT2D eigenvalue weighted by molar-refractivity contribution is 7.90. The van der Waals surface area contributed by atoms with Crippen molar-refractivity contribution in [2.75, 3.05) is 0 Å². The maximum absolute atomic E-state index is 12.0. The van der Waals surface area contributed by atoms with Crippen LogP contribution in [0, 0.1) is 0 Å². The maximum Gasteiger partial charge on any atom is 0.182 e. The first kappa shape index (κ1) is 10.9. The summed E-state index contributed by atoms with van der Waals surface area (Å²) in [7, 11) is -3.21. The number of hydrogen-bond donors (Lipinski definition) is 0. The summed E-state index contributed by atoms with van der Waals surface area (Å²) in [5, 5.41) is 0. The molecule has 0 saturated carbocycles. The molecule has 0 aliphatic carbocycles. The third kappa shape index (κ3) is 2.49. The monoisotopic (exact) mass is 231 g/mol. The molecule has 2 nitrogen and oxygen atoms in total. The molecule has 0 amide bonds. The van der Waals surface area contributed by atoms with Gasteiger partial charge in [0.1, 0.15) is 0 Å². The summed E-state index contributed by atoms with van der Waals surface area (Å²) in [6.45, 7) is 0. The van der Waals surface area contributed by atoms with E-state index in [0.717, 1.165) is 5.56 Å². The minimum absolute atomic E-state index is 0.0534. The average molecular weight is 231 g/mol. The Labute approximate surface area is 95.5 Å². The molecule has 3 heteroatoms. The third-order valence-electron chi connectivity index (χ3n) is 2.30. The van der Waals surface area contributed by atoms with Crippen LogP contribution >= 0.6 is 0 Å². The van der Waals surface area contributed by atoms with Gasteiger partial charge in [-0.3, -0.25) is 0 Å². The molecule has 0 fully saturated rings. The first-order valence-corrected chi connectivity index (χ1v) is 6.65. The van der Waals surface area contributed by atoms with Gasteiger partial charge in [0.2, 0.25) is 0 Å². The summed E-state index contributed by atoms with van der Waals surface area (Å²) in [6.07, 6.45) is 0. The van der Waals surface area contributed by atoms with Crippen molar-refractivity contribution in [2.24, 2.45) is 0 Å². The van der Waals surface area contributed by atoms with Gasteiger partial charge in [0.25, 0.3) is 0 Å². The van der Waals surface area contributed by atoms with E-state index in [9.17, 15) is 8.42 Å². The van der Waals surface area contributed by atoms with Crippen molar-refractivity contribution in [3.05, 3.63) is 66.2 Å². The van der Waals surface area contributed by atoms with Crippen LogP contribution in [-0.2, 0) is 15.6 Å². The van der Waals surface area contributed by atoms with Gasteiger partial charge in [0.15, 0.2) is 9.84 Å². The zero-order valence-electron chi connectivity index (χ0n) is 8.71. The molecule has 2 aromatic rings. The number of benzene rings is 2. The molecule has 2 aromatic carbocycles. The van der Waals surface area contributed by atoms with Gasteiger partial charge in [-0.15, -0.1) is 0 Å². The minimum atomic E-state index is -3.21. The lowest BCUT2D eigenvalue weighted by Crippen LogP contribution is -2.04. The molecule has 0 heterocycles. The summed E-state index contributed by atoms with van der Waals surface area (Å²) in [4.78, 5) is 0.374. The molecule has 0 aliphatic rings. The zero-order valence-corrected chi connectivity index (χ0v) is 9.52. The molecule has 0 saturated heterocycles. The molecule has 82 valence electrons. The highest BCUT2D eigenvalue weighted by atomic mass is 32.2. The SMILES string of the molecule is O=S(=O)([11CH2]c1ccccc1)c1ccccc1. The molecular weight excluding hydrogens is 219 g/mol. The van der Waals surface area contributed by atoms with Crippen LogP contribution in [0.1, 0.15) is 5.56 Å². The van der Waals surface area contributed by atoms with Crippen molar-refractivity contribution in [1.82, 2.24) is 0 Å². The van der Waals surface area contributed by atoms with Crippen LogP contribution in [0.3, 0.4) is 0 Å². The van der Waals surface area contributed by atoms with Crippen LogP contribution in [0.25, 0.3) is 0 Å². The largest absolute Gasteiger partial charge is 0.223 e. The van der Waals surface area contributed by atoms with Crippen LogP contribution in [0.2, 0.25) is 0 Å². The van der Waals surface area contributed by atoms with E-state index < -0.39 is 9.84 Å². The summed E-state index contributed by atoms with van der Waals surface area (Å²) >= 11 is 0. The Morgan fingerprint density at radius 3 is 1.81 bits per heavy atom. The van der Waals surface area contributed by atoms with Crippen molar-refractivity contribution in [3.63, 3.8) is 0 Å². The van der Waals surface area contributed by atoms with Crippen molar-refractivity contribution >= 4 is 9.84 Å². The number of sulfone groups is 1. The predicted octanol–water partition coefficient (Wildman–Crippen LogP) is 2.66. The molecule has 2 rings (SSSR count). The fourth-order valence-electron chi connectivity index (χ4n) is 1.50. The Morgan fingerprint density at radius 2 is 1.25 bits per heavy atom. The number of rotatable bonds is 3. The van der Waals surface area contributed by atoms with Crippen LogP contribution < -0.4 is 0 Å². The van der Waals surface area contributed by atoms with E-state index in [1.54, 1.807) is 24.3 Å². The van der Waals surface area contributed by atoms with E-state index >= 15 is 0 Å². The Balaban J connectivity index is 2.29. The molecule has 0 unspecified atom stereocenters. The zero-order chi connectivity index (χ0) is 11.4. The van der Waals surface area contributed by atoms with Gasteiger partial charge in [0, 0.05) is 0 Å². The lowest BCUT2D eigenvalue weighted by atomic mass is 10.0. The Morgan fingerprint density at radius 1 is 0.750 bits per heavy atom. The molecule has 16 heavy (non-hydrogen) atoms. The summed E-state index contributed by atoms with van der Waals surface area (Å²) in [5.74, 6) is 0.0534. The van der Waals surface area contributed by atoms with Crippen LogP contribution in [-0.4, -0.2) is 8.42 Å². The Kier molecular flexibility index (Phi) is 3.06. The van der Waals surface area contributed by atoms with Crippen molar-refractivity contribution < 1.29 is 8.42 Å². The molecule has 0 aromatic heterocycles. The van der Waals surface area contributed by atoms with Crippen molar-refractivity contribution in [3.8, 4) is 0 Å². The second-order valence-corrected chi connectivity index (χ2v) is 5.55. The first-order chi connectivity index (χ1) is 7.68. The second-order valence-electron chi connectivity index (χ2n) is 3.56. The van der Waals surface area contributed by atoms with Gasteiger partial charge in [-0.25, -0.2) is 8.42 Å². The summed E-state index contributed by atoms with van der Waals surface area (Å²) < 4.78 is 24.0. The van der Waals surface area contributed by atoms with E-state index in [-0.39, 0.29) is 5.75 Å². The molecule has 0 bridgehead atoms. The van der Waals surface area contributed by atoms with E-state index in [1.807, 2.05) is 36.4 Å². The van der Waals surface area contributed by atoms with Crippen molar-refractivity contribution in [1.29, 1.82) is 0 Å². The van der Waals surface area contributed by atoms with Crippen LogP contribution in [0.15, 0.2) is 65.6 Å². The Hall–Kier alpha value is -1.61. The number of hydrogen-bond acceptors (Lipinski definition) is 2. The fraction of sp³-hybridized carbons (Fsp3) is 0.0769. The second kappa shape index (κ2) is 4.49. The summed E-state index contributed by atoms with van der Waals surface area (Å²) in [6, 6.07) is 17.7.